The predicted molar refractivity (Wildman–Crippen MR) is 76.8 cm³/mol. The van der Waals surface area contributed by atoms with Gasteiger partial charge < -0.3 is 5.73 Å². The van der Waals surface area contributed by atoms with Crippen molar-refractivity contribution in [1.29, 1.82) is 5.41 Å². The van der Waals surface area contributed by atoms with Gasteiger partial charge in [0, 0.05) is 31.0 Å². The summed E-state index contributed by atoms with van der Waals surface area (Å²) in [6, 6.07) is 8.27. The summed E-state index contributed by atoms with van der Waals surface area (Å²) in [5, 5.41) is 7.52. The number of rotatable bonds is 5. The Balaban J connectivity index is 2.11. The van der Waals surface area contributed by atoms with E-state index >= 15 is 0 Å². The highest BCUT2D eigenvalue weighted by molar-refractivity contribution is 5.96. The second-order valence-corrected chi connectivity index (χ2v) is 4.74. The molecule has 0 spiro atoms. The molecular formula is C15H17FN4. The zero-order valence-electron chi connectivity index (χ0n) is 11.3. The molecule has 1 heterocycles. The lowest BCUT2D eigenvalue weighted by Gasteiger charge is -2.18. The summed E-state index contributed by atoms with van der Waals surface area (Å²) >= 11 is 0. The van der Waals surface area contributed by atoms with Crippen LogP contribution in [0.15, 0.2) is 42.7 Å². The molecule has 104 valence electrons. The van der Waals surface area contributed by atoms with Gasteiger partial charge in [-0.3, -0.25) is 15.3 Å². The molecule has 0 amide bonds. The van der Waals surface area contributed by atoms with E-state index in [9.17, 15) is 4.39 Å². The first-order valence-electron chi connectivity index (χ1n) is 6.26. The van der Waals surface area contributed by atoms with Crippen molar-refractivity contribution in [3.05, 3.63) is 65.2 Å². The molecule has 0 bridgehead atoms. The third-order valence-electron chi connectivity index (χ3n) is 3.00. The molecule has 1 aromatic carbocycles. The fourth-order valence-electron chi connectivity index (χ4n) is 2.08. The molecule has 0 aliphatic rings. The first-order valence-corrected chi connectivity index (χ1v) is 6.26. The van der Waals surface area contributed by atoms with Crippen molar-refractivity contribution < 1.29 is 4.39 Å². The van der Waals surface area contributed by atoms with Gasteiger partial charge in [0.1, 0.15) is 11.7 Å². The van der Waals surface area contributed by atoms with E-state index in [0.29, 0.717) is 12.1 Å². The number of halogens is 1. The van der Waals surface area contributed by atoms with E-state index in [-0.39, 0.29) is 11.7 Å². The average molecular weight is 272 g/mol. The minimum absolute atomic E-state index is 0.114. The fourth-order valence-corrected chi connectivity index (χ4v) is 2.08. The standard InChI is InChI=1S/C15H17FN4/c1-20(9-11-4-6-19-7-5-11)10-12-2-3-13(16)8-14(12)15(17)18/h2-8H,9-10H2,1H3,(H3,17,18). The summed E-state index contributed by atoms with van der Waals surface area (Å²) in [5.74, 6) is -0.493. The van der Waals surface area contributed by atoms with E-state index in [2.05, 4.69) is 9.88 Å². The summed E-state index contributed by atoms with van der Waals surface area (Å²) in [6.07, 6.45) is 3.50. The molecule has 0 aliphatic carbocycles. The van der Waals surface area contributed by atoms with Gasteiger partial charge in [0.05, 0.1) is 0 Å². The predicted octanol–water partition coefficient (Wildman–Crippen LogP) is 2.14. The quantitative estimate of drug-likeness (QED) is 0.647. The maximum absolute atomic E-state index is 13.2. The van der Waals surface area contributed by atoms with Crippen LogP contribution in [0.1, 0.15) is 16.7 Å². The monoisotopic (exact) mass is 272 g/mol. The van der Waals surface area contributed by atoms with Gasteiger partial charge in [0.15, 0.2) is 0 Å². The summed E-state index contributed by atoms with van der Waals surface area (Å²) in [5.41, 5.74) is 7.94. The Morgan fingerprint density at radius 2 is 1.95 bits per heavy atom. The van der Waals surface area contributed by atoms with Crippen molar-refractivity contribution >= 4 is 5.84 Å². The van der Waals surface area contributed by atoms with Gasteiger partial charge in [-0.15, -0.1) is 0 Å². The largest absolute Gasteiger partial charge is 0.384 e. The highest BCUT2D eigenvalue weighted by atomic mass is 19.1. The Hall–Kier alpha value is -2.27. The van der Waals surface area contributed by atoms with E-state index in [0.717, 1.165) is 17.7 Å². The van der Waals surface area contributed by atoms with E-state index in [1.807, 2.05) is 19.2 Å². The van der Waals surface area contributed by atoms with Crippen LogP contribution in [0.25, 0.3) is 0 Å². The number of aromatic nitrogens is 1. The maximum Gasteiger partial charge on any atom is 0.123 e. The highest BCUT2D eigenvalue weighted by Gasteiger charge is 2.09. The Kier molecular flexibility index (Phi) is 4.42. The van der Waals surface area contributed by atoms with Crippen LogP contribution in [-0.4, -0.2) is 22.8 Å². The van der Waals surface area contributed by atoms with Gasteiger partial charge in [0.2, 0.25) is 0 Å². The summed E-state index contributed by atoms with van der Waals surface area (Å²) in [6.45, 7) is 1.34. The van der Waals surface area contributed by atoms with Crippen molar-refractivity contribution in [3.8, 4) is 0 Å². The summed E-state index contributed by atoms with van der Waals surface area (Å²) in [4.78, 5) is 6.06. The van der Waals surface area contributed by atoms with Gasteiger partial charge in [0.25, 0.3) is 0 Å². The molecule has 5 heteroatoms. The average Bonchev–Trinajstić information content (AvgIpc) is 2.41. The van der Waals surface area contributed by atoms with Crippen molar-refractivity contribution in [2.45, 2.75) is 13.1 Å². The lowest BCUT2D eigenvalue weighted by Crippen LogP contribution is -2.21. The normalized spacial score (nSPS) is 10.8. The minimum Gasteiger partial charge on any atom is -0.384 e. The minimum atomic E-state index is -0.379. The number of nitrogens with zero attached hydrogens (tertiary/aromatic N) is 2. The zero-order chi connectivity index (χ0) is 14.5. The Morgan fingerprint density at radius 3 is 2.60 bits per heavy atom. The van der Waals surface area contributed by atoms with Crippen LogP contribution in [0, 0.1) is 11.2 Å². The molecule has 2 aromatic rings. The van der Waals surface area contributed by atoms with E-state index < -0.39 is 0 Å². The number of nitrogen functional groups attached to an aromatic ring is 1. The molecular weight excluding hydrogens is 255 g/mol. The van der Waals surface area contributed by atoms with Crippen molar-refractivity contribution in [2.75, 3.05) is 7.05 Å². The van der Waals surface area contributed by atoms with Gasteiger partial charge in [-0.1, -0.05) is 6.07 Å². The van der Waals surface area contributed by atoms with E-state index in [1.54, 1.807) is 18.5 Å². The highest BCUT2D eigenvalue weighted by Crippen LogP contribution is 2.14. The number of amidine groups is 1. The van der Waals surface area contributed by atoms with Crippen LogP contribution in [0.5, 0.6) is 0 Å². The number of pyridine rings is 1. The Bertz CT molecular complexity index is 598. The molecule has 0 unspecified atom stereocenters. The molecule has 4 nitrogen and oxygen atoms in total. The molecule has 20 heavy (non-hydrogen) atoms. The number of hydrogen-bond donors (Lipinski definition) is 2. The Morgan fingerprint density at radius 1 is 1.25 bits per heavy atom. The number of benzene rings is 1. The topological polar surface area (TPSA) is 66.0 Å². The number of nitrogens with two attached hydrogens (primary N) is 1. The van der Waals surface area contributed by atoms with E-state index in [1.165, 1.54) is 12.1 Å². The molecule has 0 atom stereocenters. The third-order valence-corrected chi connectivity index (χ3v) is 3.00. The second-order valence-electron chi connectivity index (χ2n) is 4.74. The molecule has 0 saturated carbocycles. The van der Waals surface area contributed by atoms with Crippen LogP contribution in [-0.2, 0) is 13.1 Å². The molecule has 1 aromatic heterocycles. The molecule has 0 aliphatic heterocycles. The van der Waals surface area contributed by atoms with Gasteiger partial charge >= 0.3 is 0 Å². The van der Waals surface area contributed by atoms with Gasteiger partial charge in [-0.2, -0.15) is 0 Å². The second kappa shape index (κ2) is 6.25. The van der Waals surface area contributed by atoms with Crippen molar-refractivity contribution in [2.24, 2.45) is 5.73 Å². The van der Waals surface area contributed by atoms with Crippen molar-refractivity contribution in [3.63, 3.8) is 0 Å². The van der Waals surface area contributed by atoms with Crippen LogP contribution < -0.4 is 5.73 Å². The first-order chi connectivity index (χ1) is 9.56. The fraction of sp³-hybridized carbons (Fsp3) is 0.200. The van der Waals surface area contributed by atoms with Crippen LogP contribution >= 0.6 is 0 Å². The van der Waals surface area contributed by atoms with Crippen LogP contribution in [0.2, 0.25) is 0 Å². The van der Waals surface area contributed by atoms with Crippen molar-refractivity contribution in [1.82, 2.24) is 9.88 Å². The molecule has 3 N–H and O–H groups in total. The molecule has 0 saturated heterocycles. The van der Waals surface area contributed by atoms with Crippen LogP contribution in [0.4, 0.5) is 4.39 Å². The number of hydrogen-bond acceptors (Lipinski definition) is 3. The lowest BCUT2D eigenvalue weighted by molar-refractivity contribution is 0.318. The molecule has 0 fully saturated rings. The first kappa shape index (κ1) is 14.1. The van der Waals surface area contributed by atoms with E-state index in [4.69, 9.17) is 11.1 Å². The molecule has 2 rings (SSSR count). The van der Waals surface area contributed by atoms with Gasteiger partial charge in [-0.25, -0.2) is 4.39 Å². The molecule has 0 radical (unpaired) electrons. The lowest BCUT2D eigenvalue weighted by atomic mass is 10.1. The smallest absolute Gasteiger partial charge is 0.123 e. The maximum atomic E-state index is 13.2. The third kappa shape index (κ3) is 3.61. The van der Waals surface area contributed by atoms with Gasteiger partial charge in [-0.05, 0) is 42.4 Å². The zero-order valence-corrected chi connectivity index (χ0v) is 11.3. The summed E-state index contributed by atoms with van der Waals surface area (Å²) < 4.78 is 13.2. The SMILES string of the molecule is CN(Cc1ccncc1)Cc1ccc(F)cc1C(=N)N. The Labute approximate surface area is 117 Å². The van der Waals surface area contributed by atoms with Crippen LogP contribution in [0.3, 0.4) is 0 Å². The summed E-state index contributed by atoms with van der Waals surface area (Å²) in [7, 11) is 1.97. The number of nitrogens with one attached hydrogen (secondary N) is 1.